The lowest BCUT2D eigenvalue weighted by atomic mass is 10.1. The van der Waals surface area contributed by atoms with Crippen molar-refractivity contribution in [1.82, 2.24) is 0 Å². The van der Waals surface area contributed by atoms with Gasteiger partial charge in [-0.2, -0.15) is 0 Å². The summed E-state index contributed by atoms with van der Waals surface area (Å²) in [6.45, 7) is 3.91. The summed E-state index contributed by atoms with van der Waals surface area (Å²) in [7, 11) is 0. The minimum atomic E-state index is -0.808. The predicted octanol–water partition coefficient (Wildman–Crippen LogP) is 4.04. The average Bonchev–Trinajstić information content (AvgIpc) is 2.42. The first-order valence-corrected chi connectivity index (χ1v) is 6.59. The third-order valence-corrected chi connectivity index (χ3v) is 2.80. The Labute approximate surface area is 122 Å². The fourth-order valence-electron chi connectivity index (χ4n) is 1.90. The van der Waals surface area contributed by atoms with Crippen molar-refractivity contribution >= 4 is 17.3 Å². The normalized spacial score (nSPS) is 10.5. The van der Waals surface area contributed by atoms with Crippen LogP contribution in [0.3, 0.4) is 0 Å². The quantitative estimate of drug-likeness (QED) is 0.892. The summed E-state index contributed by atoms with van der Waals surface area (Å²) in [5.41, 5.74) is 1.00. The van der Waals surface area contributed by atoms with Gasteiger partial charge >= 0.3 is 0 Å². The smallest absolute Gasteiger partial charge is 0.257 e. The van der Waals surface area contributed by atoms with E-state index in [0.29, 0.717) is 11.3 Å². The van der Waals surface area contributed by atoms with Crippen molar-refractivity contribution in [1.29, 1.82) is 0 Å². The first kappa shape index (κ1) is 15.0. The summed E-state index contributed by atoms with van der Waals surface area (Å²) in [6, 6.07) is 10.1. The van der Waals surface area contributed by atoms with Crippen LogP contribution < -0.4 is 10.6 Å². The lowest BCUT2D eigenvalue weighted by molar-refractivity contribution is 0.102. The zero-order valence-electron chi connectivity index (χ0n) is 11.8. The van der Waals surface area contributed by atoms with E-state index in [1.807, 2.05) is 13.8 Å². The molecule has 1 amide bonds. The first-order chi connectivity index (χ1) is 9.97. The Balaban J connectivity index is 2.24. The van der Waals surface area contributed by atoms with Gasteiger partial charge in [0.15, 0.2) is 0 Å². The van der Waals surface area contributed by atoms with Crippen molar-refractivity contribution in [3.8, 4) is 0 Å². The summed E-state index contributed by atoms with van der Waals surface area (Å²) in [4.78, 5) is 12.2. The van der Waals surface area contributed by atoms with Crippen molar-refractivity contribution < 1.29 is 13.6 Å². The van der Waals surface area contributed by atoms with Crippen LogP contribution in [0.5, 0.6) is 0 Å². The second kappa shape index (κ2) is 6.35. The van der Waals surface area contributed by atoms with Gasteiger partial charge in [-0.15, -0.1) is 0 Å². The minimum Gasteiger partial charge on any atom is -0.382 e. The molecular weight excluding hydrogens is 274 g/mol. The third kappa shape index (κ3) is 3.78. The molecule has 3 nitrogen and oxygen atoms in total. The molecule has 0 bridgehead atoms. The number of carbonyl (C=O) groups is 1. The Morgan fingerprint density at radius 1 is 1.05 bits per heavy atom. The minimum absolute atomic E-state index is 0.0549. The van der Waals surface area contributed by atoms with E-state index in [4.69, 9.17) is 0 Å². The number of hydrogen-bond donors (Lipinski definition) is 2. The van der Waals surface area contributed by atoms with E-state index < -0.39 is 17.5 Å². The second-order valence-corrected chi connectivity index (χ2v) is 4.92. The molecule has 0 atom stereocenters. The fraction of sp³-hybridized carbons (Fsp3) is 0.188. The molecule has 0 heterocycles. The van der Waals surface area contributed by atoms with Crippen LogP contribution in [0, 0.1) is 11.6 Å². The molecule has 0 saturated heterocycles. The van der Waals surface area contributed by atoms with Crippen LogP contribution in [0.1, 0.15) is 24.2 Å². The zero-order valence-corrected chi connectivity index (χ0v) is 11.8. The SMILES string of the molecule is CC(C)Nc1ccccc1C(=O)Nc1ccc(F)cc1F. The van der Waals surface area contributed by atoms with E-state index in [2.05, 4.69) is 10.6 Å². The average molecular weight is 290 g/mol. The van der Waals surface area contributed by atoms with Gasteiger partial charge in [-0.1, -0.05) is 12.1 Å². The third-order valence-electron chi connectivity index (χ3n) is 2.80. The molecule has 0 aliphatic heterocycles. The maximum absolute atomic E-state index is 13.6. The molecule has 110 valence electrons. The van der Waals surface area contributed by atoms with Crippen molar-refractivity contribution in [3.05, 3.63) is 59.7 Å². The summed E-state index contributed by atoms with van der Waals surface area (Å²) < 4.78 is 26.4. The molecule has 21 heavy (non-hydrogen) atoms. The van der Waals surface area contributed by atoms with Crippen LogP contribution in [-0.4, -0.2) is 11.9 Å². The van der Waals surface area contributed by atoms with Crippen LogP contribution in [0.2, 0.25) is 0 Å². The van der Waals surface area contributed by atoms with Crippen LogP contribution in [0.4, 0.5) is 20.2 Å². The van der Waals surface area contributed by atoms with E-state index in [1.54, 1.807) is 24.3 Å². The van der Waals surface area contributed by atoms with E-state index in [9.17, 15) is 13.6 Å². The molecule has 0 saturated carbocycles. The maximum atomic E-state index is 13.6. The van der Waals surface area contributed by atoms with Gasteiger partial charge < -0.3 is 10.6 Å². The largest absolute Gasteiger partial charge is 0.382 e. The van der Waals surface area contributed by atoms with Gasteiger partial charge in [0.05, 0.1) is 11.3 Å². The lowest BCUT2D eigenvalue weighted by Gasteiger charge is -2.14. The molecule has 0 fully saturated rings. The summed E-state index contributed by atoms with van der Waals surface area (Å²) in [6.07, 6.45) is 0. The van der Waals surface area contributed by atoms with Crippen LogP contribution >= 0.6 is 0 Å². The molecule has 0 aromatic heterocycles. The monoisotopic (exact) mass is 290 g/mol. The number of rotatable bonds is 4. The molecule has 0 aliphatic carbocycles. The molecule has 2 N–H and O–H groups in total. The molecule has 2 aromatic rings. The molecule has 2 rings (SSSR count). The van der Waals surface area contributed by atoms with Crippen molar-refractivity contribution in [2.45, 2.75) is 19.9 Å². The van der Waals surface area contributed by atoms with E-state index >= 15 is 0 Å². The number of halogens is 2. The molecule has 0 unspecified atom stereocenters. The number of para-hydroxylation sites is 1. The van der Waals surface area contributed by atoms with Gasteiger partial charge in [-0.05, 0) is 38.1 Å². The standard InChI is InChI=1S/C16H16F2N2O/c1-10(2)19-14-6-4-3-5-12(14)16(21)20-15-8-7-11(17)9-13(15)18/h3-10,19H,1-2H3,(H,20,21). The highest BCUT2D eigenvalue weighted by Gasteiger charge is 2.14. The highest BCUT2D eigenvalue weighted by Crippen LogP contribution is 2.20. The van der Waals surface area contributed by atoms with Crippen molar-refractivity contribution in [3.63, 3.8) is 0 Å². The van der Waals surface area contributed by atoms with Gasteiger partial charge in [0.1, 0.15) is 11.6 Å². The summed E-state index contributed by atoms with van der Waals surface area (Å²) >= 11 is 0. The molecular formula is C16H16F2N2O. The highest BCUT2D eigenvalue weighted by molar-refractivity contribution is 6.08. The number of nitrogens with one attached hydrogen (secondary N) is 2. The van der Waals surface area contributed by atoms with E-state index in [1.165, 1.54) is 6.07 Å². The van der Waals surface area contributed by atoms with Crippen molar-refractivity contribution in [2.24, 2.45) is 0 Å². The van der Waals surface area contributed by atoms with Gasteiger partial charge in [0.2, 0.25) is 0 Å². The number of carbonyl (C=O) groups excluding carboxylic acids is 1. The number of anilines is 2. The molecule has 5 heteroatoms. The Morgan fingerprint density at radius 2 is 1.76 bits per heavy atom. The molecule has 0 spiro atoms. The predicted molar refractivity (Wildman–Crippen MR) is 79.5 cm³/mol. The molecule has 0 aliphatic rings. The van der Waals surface area contributed by atoms with Gasteiger partial charge in [-0.25, -0.2) is 8.78 Å². The van der Waals surface area contributed by atoms with E-state index in [0.717, 1.165) is 12.1 Å². The van der Waals surface area contributed by atoms with Gasteiger partial charge in [0, 0.05) is 17.8 Å². The second-order valence-electron chi connectivity index (χ2n) is 4.92. The van der Waals surface area contributed by atoms with Gasteiger partial charge in [-0.3, -0.25) is 4.79 Å². The first-order valence-electron chi connectivity index (χ1n) is 6.59. The molecule has 2 aromatic carbocycles. The number of hydrogen-bond acceptors (Lipinski definition) is 2. The van der Waals surface area contributed by atoms with Crippen LogP contribution in [-0.2, 0) is 0 Å². The maximum Gasteiger partial charge on any atom is 0.257 e. The summed E-state index contributed by atoms with van der Waals surface area (Å²) in [5.74, 6) is -1.95. The Morgan fingerprint density at radius 3 is 2.43 bits per heavy atom. The number of benzene rings is 2. The highest BCUT2D eigenvalue weighted by atomic mass is 19.1. The van der Waals surface area contributed by atoms with Crippen LogP contribution in [0.25, 0.3) is 0 Å². The number of amides is 1. The lowest BCUT2D eigenvalue weighted by Crippen LogP contribution is -2.18. The Kier molecular flexibility index (Phi) is 4.52. The zero-order chi connectivity index (χ0) is 15.4. The Bertz CT molecular complexity index is 656. The molecule has 0 radical (unpaired) electrons. The van der Waals surface area contributed by atoms with Gasteiger partial charge in [0.25, 0.3) is 5.91 Å². The topological polar surface area (TPSA) is 41.1 Å². The summed E-state index contributed by atoms with van der Waals surface area (Å²) in [5, 5.41) is 5.60. The van der Waals surface area contributed by atoms with E-state index in [-0.39, 0.29) is 11.7 Å². The van der Waals surface area contributed by atoms with Crippen molar-refractivity contribution in [2.75, 3.05) is 10.6 Å². The fourth-order valence-corrected chi connectivity index (χ4v) is 1.90. The van der Waals surface area contributed by atoms with Crippen LogP contribution in [0.15, 0.2) is 42.5 Å². The Hall–Kier alpha value is -2.43.